The van der Waals surface area contributed by atoms with Crippen LogP contribution in [0.15, 0.2) is 0 Å². The zero-order valence-corrected chi connectivity index (χ0v) is 11.3. The summed E-state index contributed by atoms with van der Waals surface area (Å²) >= 11 is 0. The summed E-state index contributed by atoms with van der Waals surface area (Å²) in [6.45, 7) is 3.83. The third-order valence-corrected chi connectivity index (χ3v) is 3.18. The number of nitrogens with zero attached hydrogens (tertiary/aromatic N) is 1. The molecule has 1 saturated heterocycles. The highest BCUT2D eigenvalue weighted by atomic mass is 19.4. The molecule has 2 unspecified atom stereocenters. The molecule has 18 heavy (non-hydrogen) atoms. The minimum absolute atomic E-state index is 0.0758. The molecule has 108 valence electrons. The Balaban J connectivity index is 2.43. The molecule has 1 aliphatic heterocycles. The van der Waals surface area contributed by atoms with Gasteiger partial charge in [-0.1, -0.05) is 0 Å². The van der Waals surface area contributed by atoms with Crippen molar-refractivity contribution in [1.29, 1.82) is 0 Å². The Morgan fingerprint density at radius 1 is 1.28 bits per heavy atom. The van der Waals surface area contributed by atoms with Gasteiger partial charge >= 0.3 is 6.18 Å². The van der Waals surface area contributed by atoms with Gasteiger partial charge in [-0.05, 0) is 33.7 Å². The van der Waals surface area contributed by atoms with Crippen LogP contribution in [-0.4, -0.2) is 56.0 Å². The van der Waals surface area contributed by atoms with Crippen molar-refractivity contribution in [1.82, 2.24) is 10.2 Å². The van der Waals surface area contributed by atoms with Crippen molar-refractivity contribution in [2.24, 2.45) is 0 Å². The first-order valence-electron chi connectivity index (χ1n) is 6.42. The summed E-state index contributed by atoms with van der Waals surface area (Å²) in [6.07, 6.45) is -2.32. The summed E-state index contributed by atoms with van der Waals surface area (Å²) in [4.78, 5) is 1.44. The SMILES string of the molecule is CNCC1CCC(CN(CC(F)(F)F)C(C)C)O1. The predicted octanol–water partition coefficient (Wildman–Crippen LogP) is 2.03. The van der Waals surface area contributed by atoms with E-state index in [-0.39, 0.29) is 18.2 Å². The molecule has 1 aliphatic rings. The molecule has 0 saturated carbocycles. The number of halogens is 3. The molecular formula is C12H23F3N2O. The van der Waals surface area contributed by atoms with Crippen LogP contribution < -0.4 is 5.32 Å². The number of alkyl halides is 3. The molecule has 6 heteroatoms. The predicted molar refractivity (Wildman–Crippen MR) is 64.6 cm³/mol. The van der Waals surface area contributed by atoms with Gasteiger partial charge in [-0.15, -0.1) is 0 Å². The summed E-state index contributed by atoms with van der Waals surface area (Å²) in [6, 6.07) is -0.126. The molecule has 0 spiro atoms. The van der Waals surface area contributed by atoms with E-state index in [2.05, 4.69) is 5.32 Å². The van der Waals surface area contributed by atoms with Gasteiger partial charge in [0, 0.05) is 19.1 Å². The Bertz CT molecular complexity index is 246. The lowest BCUT2D eigenvalue weighted by molar-refractivity contribution is -0.153. The van der Waals surface area contributed by atoms with Crippen LogP contribution in [0.4, 0.5) is 13.2 Å². The Kier molecular flexibility index (Phi) is 5.88. The summed E-state index contributed by atoms with van der Waals surface area (Å²) < 4.78 is 43.1. The first kappa shape index (κ1) is 15.7. The van der Waals surface area contributed by atoms with Crippen LogP contribution in [0.25, 0.3) is 0 Å². The highest BCUT2D eigenvalue weighted by molar-refractivity contribution is 4.79. The maximum absolute atomic E-state index is 12.4. The van der Waals surface area contributed by atoms with E-state index in [4.69, 9.17) is 4.74 Å². The molecule has 0 amide bonds. The maximum atomic E-state index is 12.4. The first-order chi connectivity index (χ1) is 8.31. The molecule has 3 nitrogen and oxygen atoms in total. The van der Waals surface area contributed by atoms with Gasteiger partial charge in [-0.25, -0.2) is 0 Å². The normalized spacial score (nSPS) is 25.3. The van der Waals surface area contributed by atoms with Crippen molar-refractivity contribution >= 4 is 0 Å². The maximum Gasteiger partial charge on any atom is 0.401 e. The Morgan fingerprint density at radius 3 is 2.39 bits per heavy atom. The fourth-order valence-electron chi connectivity index (χ4n) is 2.24. The van der Waals surface area contributed by atoms with Gasteiger partial charge < -0.3 is 10.1 Å². The van der Waals surface area contributed by atoms with Crippen LogP contribution in [0.1, 0.15) is 26.7 Å². The van der Waals surface area contributed by atoms with Gasteiger partial charge in [0.15, 0.2) is 0 Å². The standard InChI is InChI=1S/C12H23F3N2O/c1-9(2)17(8-12(13,14)15)7-11-5-4-10(18-11)6-16-3/h9-11,16H,4-8H2,1-3H3. The molecule has 2 atom stereocenters. The van der Waals surface area contributed by atoms with Gasteiger partial charge in [-0.2, -0.15) is 13.2 Å². The topological polar surface area (TPSA) is 24.5 Å². The number of hydrogen-bond donors (Lipinski definition) is 1. The zero-order chi connectivity index (χ0) is 13.8. The fourth-order valence-corrected chi connectivity index (χ4v) is 2.24. The highest BCUT2D eigenvalue weighted by Crippen LogP contribution is 2.23. The van der Waals surface area contributed by atoms with Gasteiger partial charge in [0.25, 0.3) is 0 Å². The third kappa shape index (κ3) is 5.54. The van der Waals surface area contributed by atoms with Crippen molar-refractivity contribution in [3.05, 3.63) is 0 Å². The van der Waals surface area contributed by atoms with E-state index in [1.54, 1.807) is 13.8 Å². The largest absolute Gasteiger partial charge is 0.401 e. The summed E-state index contributed by atoms with van der Waals surface area (Å²) in [7, 11) is 1.85. The Labute approximate surface area is 107 Å². The Hall–Kier alpha value is -0.330. The molecular weight excluding hydrogens is 245 g/mol. The van der Waals surface area contributed by atoms with Gasteiger partial charge in [0.2, 0.25) is 0 Å². The summed E-state index contributed by atoms with van der Waals surface area (Å²) in [5.41, 5.74) is 0. The lowest BCUT2D eigenvalue weighted by Crippen LogP contribution is -2.43. The molecule has 0 aliphatic carbocycles. The van der Waals surface area contributed by atoms with Crippen molar-refractivity contribution in [2.45, 2.75) is 51.1 Å². The second kappa shape index (κ2) is 6.73. The van der Waals surface area contributed by atoms with E-state index >= 15 is 0 Å². The number of ether oxygens (including phenoxy) is 1. The van der Waals surface area contributed by atoms with Gasteiger partial charge in [-0.3, -0.25) is 4.90 Å². The van der Waals surface area contributed by atoms with Crippen molar-refractivity contribution in [2.75, 3.05) is 26.7 Å². The molecule has 1 N–H and O–H groups in total. The van der Waals surface area contributed by atoms with Crippen molar-refractivity contribution in [3.63, 3.8) is 0 Å². The van der Waals surface area contributed by atoms with Crippen molar-refractivity contribution in [3.8, 4) is 0 Å². The molecule has 0 aromatic carbocycles. The number of hydrogen-bond acceptors (Lipinski definition) is 3. The smallest absolute Gasteiger partial charge is 0.372 e. The van der Waals surface area contributed by atoms with Crippen LogP contribution in [0.3, 0.4) is 0 Å². The zero-order valence-electron chi connectivity index (χ0n) is 11.3. The van der Waals surface area contributed by atoms with Crippen LogP contribution in [-0.2, 0) is 4.74 Å². The average molecular weight is 268 g/mol. The Morgan fingerprint density at radius 2 is 1.89 bits per heavy atom. The summed E-state index contributed by atoms with van der Waals surface area (Å²) in [5, 5.41) is 3.03. The third-order valence-electron chi connectivity index (χ3n) is 3.18. The lowest BCUT2D eigenvalue weighted by Gasteiger charge is -2.29. The monoisotopic (exact) mass is 268 g/mol. The van der Waals surface area contributed by atoms with Crippen LogP contribution in [0.2, 0.25) is 0 Å². The minimum atomic E-state index is -4.15. The second-order valence-electron chi connectivity index (χ2n) is 5.15. The van der Waals surface area contributed by atoms with E-state index in [1.165, 1.54) is 4.90 Å². The van der Waals surface area contributed by atoms with Crippen molar-refractivity contribution < 1.29 is 17.9 Å². The number of nitrogens with one attached hydrogen (secondary N) is 1. The van der Waals surface area contributed by atoms with E-state index in [1.807, 2.05) is 7.05 Å². The van der Waals surface area contributed by atoms with E-state index in [0.29, 0.717) is 6.54 Å². The average Bonchev–Trinajstić information content (AvgIpc) is 2.63. The quantitative estimate of drug-likeness (QED) is 0.797. The van der Waals surface area contributed by atoms with E-state index < -0.39 is 12.7 Å². The fraction of sp³-hybridized carbons (Fsp3) is 1.00. The van der Waals surface area contributed by atoms with E-state index in [0.717, 1.165) is 19.4 Å². The second-order valence-corrected chi connectivity index (χ2v) is 5.15. The molecule has 0 aromatic heterocycles. The van der Waals surface area contributed by atoms with Crippen LogP contribution >= 0.6 is 0 Å². The van der Waals surface area contributed by atoms with Crippen LogP contribution in [0.5, 0.6) is 0 Å². The number of likely N-dealkylation sites (N-methyl/N-ethyl adjacent to an activating group) is 1. The van der Waals surface area contributed by atoms with Gasteiger partial charge in [0.05, 0.1) is 18.8 Å². The molecule has 0 radical (unpaired) electrons. The van der Waals surface area contributed by atoms with E-state index in [9.17, 15) is 13.2 Å². The number of rotatable bonds is 6. The molecule has 1 heterocycles. The molecule has 1 rings (SSSR count). The van der Waals surface area contributed by atoms with Crippen LogP contribution in [0, 0.1) is 0 Å². The highest BCUT2D eigenvalue weighted by Gasteiger charge is 2.34. The van der Waals surface area contributed by atoms with Gasteiger partial charge in [0.1, 0.15) is 0 Å². The first-order valence-corrected chi connectivity index (χ1v) is 6.42. The molecule has 1 fully saturated rings. The summed E-state index contributed by atoms with van der Waals surface area (Å²) in [5.74, 6) is 0. The minimum Gasteiger partial charge on any atom is -0.372 e. The lowest BCUT2D eigenvalue weighted by atomic mass is 10.1. The molecule has 0 bridgehead atoms. The molecule has 0 aromatic rings.